The number of carbonyl (C=O) groups is 2. The fourth-order valence-corrected chi connectivity index (χ4v) is 2.24. The fraction of sp³-hybridized carbons (Fsp3) is 0.467. The Morgan fingerprint density at radius 2 is 2.09 bits per heavy atom. The number of amides is 1. The number of ether oxygens (including phenoxy) is 1. The zero-order valence-corrected chi connectivity index (χ0v) is 12.7. The van der Waals surface area contributed by atoms with Gasteiger partial charge in [-0.25, -0.2) is 14.6 Å². The van der Waals surface area contributed by atoms with Crippen molar-refractivity contribution >= 4 is 11.9 Å². The lowest BCUT2D eigenvalue weighted by atomic mass is 10.1. The minimum atomic E-state index is -1.25. The largest absolute Gasteiger partial charge is 0.478 e. The Morgan fingerprint density at radius 3 is 2.65 bits per heavy atom. The molecule has 0 spiro atoms. The molecule has 1 fully saturated rings. The van der Waals surface area contributed by atoms with E-state index in [1.165, 1.54) is 24.3 Å². The van der Waals surface area contributed by atoms with Crippen molar-refractivity contribution in [3.63, 3.8) is 0 Å². The highest BCUT2D eigenvalue weighted by Crippen LogP contribution is 2.13. The van der Waals surface area contributed by atoms with E-state index in [0.717, 1.165) is 6.42 Å². The standard InChI is InChI=1S/C15H20FN3O4/c1-2-10-7-12(19-18-10)14(20)17-8-13(15(21)22)23-11-5-3-9(16)4-6-11/h3-6,10,12-13,18-19H,2,7-8H2,1H3,(H,17,20)(H,21,22). The molecule has 0 aliphatic carbocycles. The van der Waals surface area contributed by atoms with Gasteiger partial charge in [-0.1, -0.05) is 6.92 Å². The molecule has 8 heteroatoms. The van der Waals surface area contributed by atoms with Gasteiger partial charge in [-0.15, -0.1) is 0 Å². The summed E-state index contributed by atoms with van der Waals surface area (Å²) >= 11 is 0. The van der Waals surface area contributed by atoms with Crippen LogP contribution in [-0.4, -0.2) is 41.7 Å². The zero-order chi connectivity index (χ0) is 16.8. The third-order valence-corrected chi connectivity index (χ3v) is 3.62. The summed E-state index contributed by atoms with van der Waals surface area (Å²) in [5.74, 6) is -1.72. The summed E-state index contributed by atoms with van der Waals surface area (Å²) in [5.41, 5.74) is 5.87. The normalized spacial score (nSPS) is 21.7. The summed E-state index contributed by atoms with van der Waals surface area (Å²) in [6.45, 7) is 1.83. The molecule has 0 bridgehead atoms. The highest BCUT2D eigenvalue weighted by atomic mass is 19.1. The van der Waals surface area contributed by atoms with Crippen LogP contribution in [0.5, 0.6) is 5.75 Å². The number of nitrogens with one attached hydrogen (secondary N) is 3. The third-order valence-electron chi connectivity index (χ3n) is 3.62. The molecule has 0 radical (unpaired) electrons. The Labute approximate surface area is 133 Å². The van der Waals surface area contributed by atoms with Crippen molar-refractivity contribution in [2.24, 2.45) is 0 Å². The summed E-state index contributed by atoms with van der Waals surface area (Å²) in [6, 6.07) is 4.83. The Hall–Kier alpha value is -2.19. The Kier molecular flexibility index (Phi) is 5.89. The van der Waals surface area contributed by atoms with E-state index in [9.17, 15) is 14.0 Å². The highest BCUT2D eigenvalue weighted by molar-refractivity contribution is 5.83. The van der Waals surface area contributed by atoms with Crippen molar-refractivity contribution in [2.75, 3.05) is 6.54 Å². The maximum Gasteiger partial charge on any atom is 0.346 e. The Bertz CT molecular complexity index is 552. The van der Waals surface area contributed by atoms with E-state index in [-0.39, 0.29) is 24.2 Å². The number of rotatable bonds is 7. The highest BCUT2D eigenvalue weighted by Gasteiger charge is 2.29. The summed E-state index contributed by atoms with van der Waals surface area (Å²) < 4.78 is 18.1. The van der Waals surface area contributed by atoms with Gasteiger partial charge in [0.15, 0.2) is 0 Å². The van der Waals surface area contributed by atoms with E-state index in [1.54, 1.807) is 0 Å². The Morgan fingerprint density at radius 1 is 1.39 bits per heavy atom. The number of carboxylic acid groups (broad SMARTS) is 1. The second-order valence-corrected chi connectivity index (χ2v) is 5.33. The number of carboxylic acids is 1. The second-order valence-electron chi connectivity index (χ2n) is 5.33. The molecule has 23 heavy (non-hydrogen) atoms. The van der Waals surface area contributed by atoms with Crippen LogP contribution in [0.15, 0.2) is 24.3 Å². The molecule has 7 nitrogen and oxygen atoms in total. The van der Waals surface area contributed by atoms with E-state index in [0.29, 0.717) is 6.42 Å². The first-order valence-corrected chi connectivity index (χ1v) is 7.43. The summed E-state index contributed by atoms with van der Waals surface area (Å²) in [4.78, 5) is 23.2. The first kappa shape index (κ1) is 17.2. The first-order valence-electron chi connectivity index (χ1n) is 7.43. The van der Waals surface area contributed by atoms with Gasteiger partial charge in [0.2, 0.25) is 12.0 Å². The number of benzene rings is 1. The molecular formula is C15H20FN3O4. The summed E-state index contributed by atoms with van der Waals surface area (Å²) in [5, 5.41) is 11.7. The molecule has 1 aliphatic rings. The molecule has 1 amide bonds. The van der Waals surface area contributed by atoms with Crippen LogP contribution in [0.3, 0.4) is 0 Å². The fourth-order valence-electron chi connectivity index (χ4n) is 2.24. The van der Waals surface area contributed by atoms with Gasteiger partial charge in [0, 0.05) is 6.04 Å². The smallest absolute Gasteiger partial charge is 0.346 e. The van der Waals surface area contributed by atoms with E-state index < -0.39 is 23.9 Å². The first-order chi connectivity index (χ1) is 11.0. The van der Waals surface area contributed by atoms with Crippen LogP contribution >= 0.6 is 0 Å². The third kappa shape index (κ3) is 4.90. The molecular weight excluding hydrogens is 305 g/mol. The van der Waals surface area contributed by atoms with E-state index >= 15 is 0 Å². The lowest BCUT2D eigenvalue weighted by molar-refractivity contribution is -0.145. The number of carbonyl (C=O) groups excluding carboxylic acids is 1. The van der Waals surface area contributed by atoms with Crippen LogP contribution in [0.25, 0.3) is 0 Å². The predicted octanol–water partition coefficient (Wildman–Crippen LogP) is 0.419. The van der Waals surface area contributed by atoms with Gasteiger partial charge in [-0.05, 0) is 37.1 Å². The number of hydrogen-bond donors (Lipinski definition) is 4. The van der Waals surface area contributed by atoms with E-state index in [2.05, 4.69) is 16.2 Å². The molecule has 1 aromatic carbocycles. The van der Waals surface area contributed by atoms with Crippen LogP contribution in [0.2, 0.25) is 0 Å². The molecule has 2 rings (SSSR count). The molecule has 1 saturated heterocycles. The molecule has 0 saturated carbocycles. The van der Waals surface area contributed by atoms with E-state index in [1.807, 2.05) is 6.92 Å². The van der Waals surface area contributed by atoms with Crippen molar-refractivity contribution in [3.05, 3.63) is 30.1 Å². The minimum absolute atomic E-state index is 0.180. The maximum absolute atomic E-state index is 12.8. The summed E-state index contributed by atoms with van der Waals surface area (Å²) in [7, 11) is 0. The lowest BCUT2D eigenvalue weighted by Crippen LogP contribution is -2.47. The average molecular weight is 325 g/mol. The monoisotopic (exact) mass is 325 g/mol. The number of halogens is 1. The molecule has 1 aromatic rings. The molecule has 0 aromatic heterocycles. The van der Waals surface area contributed by atoms with Gasteiger partial charge in [0.25, 0.3) is 0 Å². The summed E-state index contributed by atoms with van der Waals surface area (Å²) in [6.07, 6.45) is 0.280. The quantitative estimate of drug-likeness (QED) is 0.580. The molecule has 3 atom stereocenters. The van der Waals surface area contributed by atoms with Crippen LogP contribution in [-0.2, 0) is 9.59 Å². The molecule has 4 N–H and O–H groups in total. The van der Waals surface area contributed by atoms with E-state index in [4.69, 9.17) is 9.84 Å². The second kappa shape index (κ2) is 7.89. The average Bonchev–Trinajstić information content (AvgIpc) is 3.01. The molecule has 126 valence electrons. The molecule has 3 unspecified atom stereocenters. The van der Waals surface area contributed by atoms with Crippen molar-refractivity contribution in [3.8, 4) is 5.75 Å². The predicted molar refractivity (Wildman–Crippen MR) is 80.2 cm³/mol. The topological polar surface area (TPSA) is 99.7 Å². The number of hydrazine groups is 1. The zero-order valence-electron chi connectivity index (χ0n) is 12.7. The van der Waals surface area contributed by atoms with Gasteiger partial charge < -0.3 is 15.2 Å². The van der Waals surface area contributed by atoms with Crippen LogP contribution in [0.1, 0.15) is 19.8 Å². The van der Waals surface area contributed by atoms with Crippen molar-refractivity contribution in [1.82, 2.24) is 16.2 Å². The van der Waals surface area contributed by atoms with Gasteiger partial charge >= 0.3 is 5.97 Å². The van der Waals surface area contributed by atoms with Gasteiger partial charge in [-0.2, -0.15) is 0 Å². The van der Waals surface area contributed by atoms with Crippen molar-refractivity contribution in [1.29, 1.82) is 0 Å². The lowest BCUT2D eigenvalue weighted by Gasteiger charge is -2.17. The number of hydrogen-bond acceptors (Lipinski definition) is 5. The van der Waals surface area contributed by atoms with Gasteiger partial charge in [0.05, 0.1) is 6.54 Å². The maximum atomic E-state index is 12.8. The molecule has 1 heterocycles. The van der Waals surface area contributed by atoms with Gasteiger partial charge in [-0.3, -0.25) is 10.2 Å². The van der Waals surface area contributed by atoms with Crippen LogP contribution in [0.4, 0.5) is 4.39 Å². The Balaban J connectivity index is 1.86. The van der Waals surface area contributed by atoms with Gasteiger partial charge in [0.1, 0.15) is 17.6 Å². The SMILES string of the molecule is CCC1CC(C(=O)NCC(Oc2ccc(F)cc2)C(=O)O)NN1. The minimum Gasteiger partial charge on any atom is -0.478 e. The van der Waals surface area contributed by atoms with Crippen molar-refractivity contribution in [2.45, 2.75) is 38.0 Å². The number of aliphatic carboxylic acids is 1. The van der Waals surface area contributed by atoms with Crippen LogP contribution < -0.4 is 20.9 Å². The molecule has 1 aliphatic heterocycles. The van der Waals surface area contributed by atoms with Crippen molar-refractivity contribution < 1.29 is 23.8 Å². The van der Waals surface area contributed by atoms with Crippen LogP contribution in [0, 0.1) is 5.82 Å².